The molecule has 5 nitrogen and oxygen atoms in total. The Kier molecular flexibility index (Phi) is 9.29. The monoisotopic (exact) mass is 302 g/mol. The summed E-state index contributed by atoms with van der Waals surface area (Å²) in [7, 11) is 0. The molecule has 0 bridgehead atoms. The topological polar surface area (TPSA) is 97.7 Å². The van der Waals surface area contributed by atoms with Gasteiger partial charge in [0, 0.05) is 5.56 Å². The van der Waals surface area contributed by atoms with Crippen LogP contribution < -0.4 is 34.7 Å². The smallest absolute Gasteiger partial charge is 0.542 e. The van der Waals surface area contributed by atoms with E-state index < -0.39 is 24.0 Å². The first kappa shape index (κ1) is 21.1. The van der Waals surface area contributed by atoms with Gasteiger partial charge in [0.2, 0.25) is 0 Å². The summed E-state index contributed by atoms with van der Waals surface area (Å²) in [5, 5.41) is 26.7. The number of halogens is 3. The molecule has 0 fully saturated rings. The van der Waals surface area contributed by atoms with Gasteiger partial charge in [0.25, 0.3) is 0 Å². The van der Waals surface area contributed by atoms with E-state index in [1.165, 1.54) is 13.0 Å². The van der Waals surface area contributed by atoms with Gasteiger partial charge in [0.1, 0.15) is 11.7 Å². The molecule has 2 N–H and O–H groups in total. The molecule has 1 aromatic rings. The number of aliphatic carboxylic acids is 2. The fraction of sp³-hybridized carbons (Fsp3) is 0.273. The van der Waals surface area contributed by atoms with Crippen molar-refractivity contribution in [3.05, 3.63) is 29.8 Å². The van der Waals surface area contributed by atoms with Crippen molar-refractivity contribution in [2.75, 3.05) is 0 Å². The van der Waals surface area contributed by atoms with E-state index in [0.29, 0.717) is 5.56 Å². The molecule has 0 spiro atoms. The number of rotatable bonds is 2. The maximum Gasteiger partial charge on any atom is 1.00 e. The van der Waals surface area contributed by atoms with Crippen LogP contribution in [0.1, 0.15) is 18.4 Å². The normalized spacial score (nSPS) is 11.4. The molecule has 0 amide bonds. The van der Waals surface area contributed by atoms with Crippen molar-refractivity contribution >= 4 is 11.9 Å². The van der Waals surface area contributed by atoms with Gasteiger partial charge in [-0.25, -0.2) is 0 Å². The molecule has 9 heteroatoms. The van der Waals surface area contributed by atoms with Crippen molar-refractivity contribution in [3.63, 3.8) is 0 Å². The van der Waals surface area contributed by atoms with E-state index in [9.17, 15) is 23.1 Å². The Morgan fingerprint density at radius 1 is 1.25 bits per heavy atom. The van der Waals surface area contributed by atoms with Gasteiger partial charge in [-0.3, -0.25) is 4.79 Å². The van der Waals surface area contributed by atoms with Crippen molar-refractivity contribution in [1.29, 1.82) is 0 Å². The van der Waals surface area contributed by atoms with Crippen LogP contribution in [0.25, 0.3) is 0 Å². The number of hydrogen-bond acceptors (Lipinski definition) is 4. The van der Waals surface area contributed by atoms with Crippen LogP contribution in [0.3, 0.4) is 0 Å². The minimum absolute atomic E-state index is 0. The molecule has 0 saturated heterocycles. The van der Waals surface area contributed by atoms with Crippen molar-refractivity contribution in [2.24, 2.45) is 0 Å². The van der Waals surface area contributed by atoms with Crippen LogP contribution in [0.4, 0.5) is 13.2 Å². The van der Waals surface area contributed by atoms with Crippen molar-refractivity contribution in [3.8, 4) is 5.75 Å². The van der Waals surface area contributed by atoms with E-state index in [0.717, 1.165) is 0 Å². The molecule has 1 rings (SSSR count). The summed E-state index contributed by atoms with van der Waals surface area (Å²) in [5.41, 5.74) is 0.449. The molecule has 0 saturated carbocycles. The minimum Gasteiger partial charge on any atom is -0.542 e. The first-order valence-corrected chi connectivity index (χ1v) is 4.86. The molecule has 0 aliphatic rings. The number of carboxylic acid groups (broad SMARTS) is 2. The third-order valence-electron chi connectivity index (χ3n) is 2.01. The molecule has 1 aromatic carbocycles. The van der Waals surface area contributed by atoms with Gasteiger partial charge < -0.3 is 20.1 Å². The standard InChI is InChI=1S/C9H10O3.C2HF3O2.Na/c1-6(9(11)12)7-4-2-3-5-8(7)10;3-2(4,5)1(6)7;/h2-6,10H,1H3,(H,11,12);(H,6,7);/q;;+1/p-1. The fourth-order valence-corrected chi connectivity index (χ4v) is 0.987. The zero-order chi connectivity index (χ0) is 15.2. The number of aromatic hydroxyl groups is 1. The molecule has 106 valence electrons. The van der Waals surface area contributed by atoms with Crippen LogP contribution in [0.15, 0.2) is 24.3 Å². The van der Waals surface area contributed by atoms with E-state index in [4.69, 9.17) is 15.0 Å². The molecule has 1 unspecified atom stereocenters. The Bertz CT molecular complexity index is 462. The van der Waals surface area contributed by atoms with Crippen molar-refractivity contribution < 1.29 is 67.6 Å². The number of phenols is 1. The van der Waals surface area contributed by atoms with Gasteiger partial charge in [-0.1, -0.05) is 18.2 Å². The zero-order valence-electron chi connectivity index (χ0n) is 10.6. The number of carboxylic acids is 2. The van der Waals surface area contributed by atoms with E-state index >= 15 is 0 Å². The van der Waals surface area contributed by atoms with Gasteiger partial charge in [-0.05, 0) is 13.0 Å². The van der Waals surface area contributed by atoms with Gasteiger partial charge in [-0.2, -0.15) is 13.2 Å². The predicted molar refractivity (Wildman–Crippen MR) is 55.2 cm³/mol. The van der Waals surface area contributed by atoms with Gasteiger partial charge in [0.15, 0.2) is 0 Å². The van der Waals surface area contributed by atoms with Crippen LogP contribution in [-0.4, -0.2) is 28.3 Å². The van der Waals surface area contributed by atoms with E-state index in [1.807, 2.05) is 0 Å². The molecule has 0 radical (unpaired) electrons. The van der Waals surface area contributed by atoms with E-state index in [2.05, 4.69) is 0 Å². The minimum atomic E-state index is -5.19. The summed E-state index contributed by atoms with van der Waals surface area (Å²) < 4.78 is 31.5. The van der Waals surface area contributed by atoms with E-state index in [-0.39, 0.29) is 35.3 Å². The molecule has 0 aliphatic heterocycles. The van der Waals surface area contributed by atoms with E-state index in [1.54, 1.807) is 18.2 Å². The maximum absolute atomic E-state index is 10.5. The summed E-state index contributed by atoms with van der Waals surface area (Å²) >= 11 is 0. The van der Waals surface area contributed by atoms with Gasteiger partial charge in [-0.15, -0.1) is 0 Å². The molecule has 0 aliphatic carbocycles. The number of carbonyl (C=O) groups is 2. The second-order valence-electron chi connectivity index (χ2n) is 3.40. The van der Waals surface area contributed by atoms with Crippen LogP contribution in [0.2, 0.25) is 0 Å². The van der Waals surface area contributed by atoms with Crippen LogP contribution in [0, 0.1) is 0 Å². The van der Waals surface area contributed by atoms with Gasteiger partial charge >= 0.3 is 41.7 Å². The Morgan fingerprint density at radius 2 is 1.65 bits per heavy atom. The average molecular weight is 302 g/mol. The molecule has 0 heterocycles. The molecular formula is C11H10F3NaO5. The molecule has 20 heavy (non-hydrogen) atoms. The summed E-state index contributed by atoms with van der Waals surface area (Å²) in [6, 6.07) is 6.45. The Labute approximate surface area is 134 Å². The molecule has 0 aromatic heterocycles. The number of phenolic OH excluding ortho intramolecular Hbond substituents is 1. The summed E-state index contributed by atoms with van der Waals surface area (Å²) in [4.78, 5) is 19.3. The second-order valence-corrected chi connectivity index (χ2v) is 3.40. The third-order valence-corrected chi connectivity index (χ3v) is 2.01. The number of benzene rings is 1. The first-order valence-electron chi connectivity index (χ1n) is 4.86. The predicted octanol–water partition coefficient (Wildman–Crippen LogP) is -2.12. The zero-order valence-corrected chi connectivity index (χ0v) is 12.6. The maximum atomic E-state index is 10.5. The average Bonchev–Trinajstić information content (AvgIpc) is 2.28. The van der Waals surface area contributed by atoms with Crippen molar-refractivity contribution in [1.82, 2.24) is 0 Å². The first-order chi connectivity index (χ1) is 8.57. The molecule has 1 atom stereocenters. The number of alkyl halides is 3. The van der Waals surface area contributed by atoms with Gasteiger partial charge in [0.05, 0.1) is 5.92 Å². The Morgan fingerprint density at radius 3 is 1.95 bits per heavy atom. The van der Waals surface area contributed by atoms with Crippen molar-refractivity contribution in [2.45, 2.75) is 19.0 Å². The van der Waals surface area contributed by atoms with Crippen LogP contribution >= 0.6 is 0 Å². The quantitative estimate of drug-likeness (QED) is 0.609. The summed E-state index contributed by atoms with van der Waals surface area (Å²) in [6.45, 7) is 1.54. The second kappa shape index (κ2) is 8.83. The number of hydrogen-bond donors (Lipinski definition) is 2. The SMILES string of the molecule is CC(C(=O)O)c1ccccc1O.O=C([O-])C(F)(F)F.[Na+]. The largest absolute Gasteiger partial charge is 1.00 e. The van der Waals surface area contributed by atoms with Crippen LogP contribution in [0.5, 0.6) is 5.75 Å². The summed E-state index contributed by atoms with van der Waals surface area (Å²) in [6.07, 6.45) is -5.19. The summed E-state index contributed by atoms with van der Waals surface area (Å²) in [5.74, 6) is -4.57. The van der Waals surface area contributed by atoms with Crippen LogP contribution in [-0.2, 0) is 9.59 Å². The fourth-order valence-electron chi connectivity index (χ4n) is 0.987. The molecular weight excluding hydrogens is 292 g/mol. The Balaban J connectivity index is 0. The Hall–Kier alpha value is -1.25. The third kappa shape index (κ3) is 7.37. The number of carbonyl (C=O) groups excluding carboxylic acids is 1. The number of para-hydroxylation sites is 1.